The fourth-order valence-corrected chi connectivity index (χ4v) is 1.83. The molecule has 0 bridgehead atoms. The fourth-order valence-electron chi connectivity index (χ4n) is 1.32. The number of carbonyl (C=O) groups excluding carboxylic acids is 1. The van der Waals surface area contributed by atoms with E-state index in [9.17, 15) is 4.79 Å². The standard InChI is InChI=1S/C10H12N4OS.CH2O2/c1-13(4-5-14-3-2-11-8-14)10(15)9-6-12-16-7-9;2-1-3/h2-3,6-8H,4-5H2,1H3;1H,(H,2,3). The molecule has 0 radical (unpaired) electrons. The van der Waals surface area contributed by atoms with Crippen LogP contribution in [0.5, 0.6) is 0 Å². The van der Waals surface area contributed by atoms with Crippen molar-refractivity contribution in [3.8, 4) is 0 Å². The Balaban J connectivity index is 0.000000550. The molecule has 0 atom stereocenters. The molecule has 1 N–H and O–H groups in total. The average Bonchev–Trinajstić information content (AvgIpc) is 3.08. The first-order chi connectivity index (χ1) is 9.19. The zero-order chi connectivity index (χ0) is 14.1. The smallest absolute Gasteiger partial charge is 0.290 e. The Morgan fingerprint density at radius 3 is 2.89 bits per heavy atom. The van der Waals surface area contributed by atoms with Crippen molar-refractivity contribution < 1.29 is 14.7 Å². The first kappa shape index (κ1) is 14.8. The molecule has 7 nitrogen and oxygen atoms in total. The van der Waals surface area contributed by atoms with Crippen LogP contribution in [0.2, 0.25) is 0 Å². The summed E-state index contributed by atoms with van der Waals surface area (Å²) in [6.45, 7) is 1.16. The van der Waals surface area contributed by atoms with E-state index in [1.165, 1.54) is 11.5 Å². The number of carbonyl (C=O) groups is 2. The van der Waals surface area contributed by atoms with Gasteiger partial charge in [-0.25, -0.2) is 9.36 Å². The van der Waals surface area contributed by atoms with Gasteiger partial charge < -0.3 is 14.6 Å². The molecule has 0 saturated heterocycles. The monoisotopic (exact) mass is 282 g/mol. The van der Waals surface area contributed by atoms with Crippen molar-refractivity contribution in [3.63, 3.8) is 0 Å². The zero-order valence-corrected chi connectivity index (χ0v) is 11.2. The van der Waals surface area contributed by atoms with E-state index in [0.717, 1.165) is 6.54 Å². The lowest BCUT2D eigenvalue weighted by Gasteiger charge is -2.16. The Labute approximate surface area is 114 Å². The second-order valence-electron chi connectivity index (χ2n) is 3.55. The normalized spacial score (nSPS) is 9.32. The molecule has 0 aromatic carbocycles. The molecule has 0 aliphatic carbocycles. The van der Waals surface area contributed by atoms with E-state index in [1.54, 1.807) is 36.0 Å². The summed E-state index contributed by atoms with van der Waals surface area (Å²) in [5, 5.41) is 8.65. The summed E-state index contributed by atoms with van der Waals surface area (Å²) in [6.07, 6.45) is 6.94. The number of imidazole rings is 1. The molecule has 0 unspecified atom stereocenters. The minimum Gasteiger partial charge on any atom is -0.483 e. The van der Waals surface area contributed by atoms with Crippen LogP contribution in [0.3, 0.4) is 0 Å². The van der Waals surface area contributed by atoms with Crippen LogP contribution in [0.15, 0.2) is 30.3 Å². The fraction of sp³-hybridized carbons (Fsp3) is 0.273. The molecule has 0 aliphatic heterocycles. The largest absolute Gasteiger partial charge is 0.483 e. The van der Waals surface area contributed by atoms with Crippen LogP contribution in [0.4, 0.5) is 0 Å². The molecule has 2 aromatic rings. The van der Waals surface area contributed by atoms with E-state index in [4.69, 9.17) is 9.90 Å². The highest BCUT2D eigenvalue weighted by atomic mass is 32.1. The average molecular weight is 282 g/mol. The maximum absolute atomic E-state index is 11.8. The molecule has 8 heteroatoms. The summed E-state index contributed by atoms with van der Waals surface area (Å²) in [4.78, 5) is 25.8. The van der Waals surface area contributed by atoms with Crippen molar-refractivity contribution in [1.82, 2.24) is 18.8 Å². The molecule has 0 fully saturated rings. The first-order valence-corrected chi connectivity index (χ1v) is 6.21. The summed E-state index contributed by atoms with van der Waals surface area (Å²) in [5.74, 6) is 0.00821. The molecule has 0 saturated carbocycles. The van der Waals surface area contributed by atoms with E-state index in [0.29, 0.717) is 12.1 Å². The predicted octanol–water partition coefficient (Wildman–Crippen LogP) is 0.813. The van der Waals surface area contributed by atoms with Crippen molar-refractivity contribution >= 4 is 23.9 Å². The molecule has 1 amide bonds. The van der Waals surface area contributed by atoms with Crippen LogP contribution >= 0.6 is 11.5 Å². The summed E-state index contributed by atoms with van der Waals surface area (Å²) >= 11 is 1.29. The van der Waals surface area contributed by atoms with Gasteiger partial charge in [0.1, 0.15) is 0 Å². The third-order valence-electron chi connectivity index (χ3n) is 2.28. The van der Waals surface area contributed by atoms with Gasteiger partial charge in [0, 0.05) is 37.9 Å². The van der Waals surface area contributed by atoms with Gasteiger partial charge in [-0.05, 0) is 11.5 Å². The van der Waals surface area contributed by atoms with Crippen LogP contribution < -0.4 is 0 Å². The minimum absolute atomic E-state index is 0.00821. The van der Waals surface area contributed by atoms with Gasteiger partial charge in [0.2, 0.25) is 0 Å². The predicted molar refractivity (Wildman–Crippen MR) is 70.0 cm³/mol. The summed E-state index contributed by atoms with van der Waals surface area (Å²) in [6, 6.07) is 0. The lowest BCUT2D eigenvalue weighted by Crippen LogP contribution is -2.29. The number of aromatic nitrogens is 3. The molecule has 0 aliphatic rings. The number of hydrogen-bond donors (Lipinski definition) is 1. The van der Waals surface area contributed by atoms with Gasteiger partial charge in [0.15, 0.2) is 0 Å². The van der Waals surface area contributed by atoms with Gasteiger partial charge in [0.25, 0.3) is 12.4 Å². The summed E-state index contributed by atoms with van der Waals surface area (Å²) in [5.41, 5.74) is 0.651. The quantitative estimate of drug-likeness (QED) is 0.838. The van der Waals surface area contributed by atoms with Crippen molar-refractivity contribution in [2.75, 3.05) is 13.6 Å². The molecular weight excluding hydrogens is 268 g/mol. The highest BCUT2D eigenvalue weighted by Crippen LogP contribution is 2.05. The van der Waals surface area contributed by atoms with Crippen LogP contribution in [-0.2, 0) is 11.3 Å². The molecule has 102 valence electrons. The number of amides is 1. The Kier molecular flexibility index (Phi) is 6.23. The second kappa shape index (κ2) is 7.98. The van der Waals surface area contributed by atoms with Crippen LogP contribution in [0.1, 0.15) is 10.4 Å². The van der Waals surface area contributed by atoms with E-state index in [-0.39, 0.29) is 12.4 Å². The Morgan fingerprint density at radius 2 is 2.37 bits per heavy atom. The van der Waals surface area contributed by atoms with Gasteiger partial charge in [-0.2, -0.15) is 0 Å². The van der Waals surface area contributed by atoms with Crippen molar-refractivity contribution in [3.05, 3.63) is 35.9 Å². The zero-order valence-electron chi connectivity index (χ0n) is 10.3. The minimum atomic E-state index is -0.250. The number of nitrogens with zero attached hydrogens (tertiary/aromatic N) is 4. The maximum atomic E-state index is 11.8. The molecule has 2 aromatic heterocycles. The van der Waals surface area contributed by atoms with Gasteiger partial charge >= 0.3 is 0 Å². The molecule has 2 rings (SSSR count). The Bertz CT molecular complexity index is 484. The molecule has 2 heterocycles. The van der Waals surface area contributed by atoms with Crippen molar-refractivity contribution in [2.24, 2.45) is 0 Å². The van der Waals surface area contributed by atoms with Gasteiger partial charge in [0.05, 0.1) is 18.1 Å². The Hall–Kier alpha value is -2.22. The topological polar surface area (TPSA) is 88.3 Å². The highest BCUT2D eigenvalue weighted by Gasteiger charge is 2.11. The number of hydrogen-bond acceptors (Lipinski definition) is 5. The third kappa shape index (κ3) is 4.88. The van der Waals surface area contributed by atoms with Crippen LogP contribution in [-0.4, -0.2) is 49.9 Å². The third-order valence-corrected chi connectivity index (χ3v) is 2.87. The summed E-state index contributed by atoms with van der Waals surface area (Å²) in [7, 11) is 1.79. The van der Waals surface area contributed by atoms with E-state index in [2.05, 4.69) is 9.36 Å². The maximum Gasteiger partial charge on any atom is 0.290 e. The van der Waals surface area contributed by atoms with Crippen molar-refractivity contribution in [1.29, 1.82) is 0 Å². The summed E-state index contributed by atoms with van der Waals surface area (Å²) < 4.78 is 5.85. The lowest BCUT2D eigenvalue weighted by molar-refractivity contribution is -0.122. The number of carboxylic acid groups (broad SMARTS) is 1. The van der Waals surface area contributed by atoms with Crippen LogP contribution in [0, 0.1) is 0 Å². The van der Waals surface area contributed by atoms with Crippen molar-refractivity contribution in [2.45, 2.75) is 6.54 Å². The Morgan fingerprint density at radius 1 is 1.63 bits per heavy atom. The van der Waals surface area contributed by atoms with E-state index in [1.807, 2.05) is 10.8 Å². The number of likely N-dealkylation sites (N-methyl/N-ethyl adjacent to an activating group) is 1. The van der Waals surface area contributed by atoms with Gasteiger partial charge in [-0.3, -0.25) is 9.59 Å². The molecule has 19 heavy (non-hydrogen) atoms. The van der Waals surface area contributed by atoms with E-state index >= 15 is 0 Å². The lowest BCUT2D eigenvalue weighted by atomic mass is 10.3. The van der Waals surface area contributed by atoms with Gasteiger partial charge in [-0.1, -0.05) is 0 Å². The molecular formula is C11H14N4O3S. The number of rotatable bonds is 4. The SMILES string of the molecule is CN(CCn1ccnc1)C(=O)c1cnsc1.O=CO. The van der Waals surface area contributed by atoms with Gasteiger partial charge in [-0.15, -0.1) is 0 Å². The molecule has 0 spiro atoms. The second-order valence-corrected chi connectivity index (χ2v) is 4.20. The van der Waals surface area contributed by atoms with Crippen LogP contribution in [0.25, 0.3) is 0 Å². The van der Waals surface area contributed by atoms with E-state index < -0.39 is 0 Å². The highest BCUT2D eigenvalue weighted by molar-refractivity contribution is 7.03. The first-order valence-electron chi connectivity index (χ1n) is 5.37.